The number of benzene rings is 8. The number of anilines is 3. The molecule has 8 aromatic rings. The van der Waals surface area contributed by atoms with Gasteiger partial charge in [0, 0.05) is 22.2 Å². The Labute approximate surface area is 311 Å². The Morgan fingerprint density at radius 2 is 1.00 bits per heavy atom. The molecule has 0 atom stereocenters. The maximum Gasteiger partial charge on any atom is 0.0540 e. The topological polar surface area (TPSA) is 3.24 Å². The van der Waals surface area contributed by atoms with Gasteiger partial charge in [0.1, 0.15) is 0 Å². The van der Waals surface area contributed by atoms with Crippen LogP contribution in [-0.2, 0) is 5.41 Å². The highest BCUT2D eigenvalue weighted by molar-refractivity contribution is 6.08. The first-order chi connectivity index (χ1) is 26.2. The quantitative estimate of drug-likeness (QED) is 0.167. The molecule has 1 heteroatoms. The van der Waals surface area contributed by atoms with Crippen LogP contribution in [0, 0.1) is 23.7 Å². The molecule has 1 nitrogen and oxygen atoms in total. The van der Waals surface area contributed by atoms with E-state index in [-0.39, 0.29) is 5.41 Å². The van der Waals surface area contributed by atoms with Crippen LogP contribution < -0.4 is 4.90 Å². The number of hydrogen-bond acceptors (Lipinski definition) is 1. The Balaban J connectivity index is 1.00. The van der Waals surface area contributed by atoms with Crippen LogP contribution in [0.2, 0.25) is 0 Å². The summed E-state index contributed by atoms with van der Waals surface area (Å²) >= 11 is 0. The fraction of sp³-hybridized carbons (Fsp3) is 0.192. The highest BCUT2D eigenvalue weighted by atomic mass is 15.1. The molecule has 8 aromatic carbocycles. The van der Waals surface area contributed by atoms with E-state index in [1.54, 1.807) is 11.1 Å². The first kappa shape index (κ1) is 29.9. The molecule has 4 fully saturated rings. The standard InChI is InChI=1S/C52H41N/c1-3-11-44-37(9-1)16-17-39-31-38(20-24-45(39)44)35-18-21-42(22-19-35)53(51-15-7-10-36-8-2-4-12-46(36)51)43-23-25-50-48(32-43)47-13-5-6-14-49(47)52(50)40-27-33-26-34(29-40)30-41(52)28-33/h1-25,31-34,40-41H,26-30H2. The smallest absolute Gasteiger partial charge is 0.0540 e. The molecule has 0 aromatic heterocycles. The molecule has 0 heterocycles. The number of fused-ring (bicyclic) bond motifs is 7. The summed E-state index contributed by atoms with van der Waals surface area (Å²) in [5, 5.41) is 7.70. The van der Waals surface area contributed by atoms with Gasteiger partial charge in [0.2, 0.25) is 0 Å². The molecule has 0 N–H and O–H groups in total. The average molecular weight is 680 g/mol. The largest absolute Gasteiger partial charge is 0.310 e. The molecular weight excluding hydrogens is 639 g/mol. The van der Waals surface area contributed by atoms with Crippen LogP contribution in [-0.4, -0.2) is 0 Å². The van der Waals surface area contributed by atoms with Crippen molar-refractivity contribution in [2.24, 2.45) is 23.7 Å². The van der Waals surface area contributed by atoms with E-state index < -0.39 is 0 Å². The number of rotatable bonds is 4. The number of hydrogen-bond donors (Lipinski definition) is 0. The predicted octanol–water partition coefficient (Wildman–Crippen LogP) is 14.0. The SMILES string of the molecule is c1ccc2c(c1)-c1cc(N(c3ccc(-c4ccc5c(ccc6ccccc65)c4)cc3)c3cccc4ccccc34)ccc1C21C2CC3CC(C2)CC1C3. The molecule has 5 aliphatic rings. The average Bonchev–Trinajstić information content (AvgIpc) is 3.50. The zero-order chi connectivity index (χ0) is 34.7. The van der Waals surface area contributed by atoms with Gasteiger partial charge in [-0.2, -0.15) is 0 Å². The highest BCUT2D eigenvalue weighted by Crippen LogP contribution is 2.69. The first-order valence-corrected chi connectivity index (χ1v) is 19.8. The lowest BCUT2D eigenvalue weighted by molar-refractivity contribution is -0.0399. The molecule has 13 rings (SSSR count). The molecule has 5 aliphatic carbocycles. The summed E-state index contributed by atoms with van der Waals surface area (Å²) in [6.45, 7) is 0. The van der Waals surface area contributed by atoms with E-state index in [2.05, 4.69) is 169 Å². The Hall–Kier alpha value is -5.66. The summed E-state index contributed by atoms with van der Waals surface area (Å²) < 4.78 is 0. The lowest BCUT2D eigenvalue weighted by Gasteiger charge is -2.61. The van der Waals surface area contributed by atoms with Crippen molar-refractivity contribution in [3.63, 3.8) is 0 Å². The van der Waals surface area contributed by atoms with Crippen LogP contribution in [0.1, 0.15) is 43.2 Å². The van der Waals surface area contributed by atoms with Crippen molar-refractivity contribution in [3.8, 4) is 22.3 Å². The summed E-state index contributed by atoms with van der Waals surface area (Å²) in [7, 11) is 0. The predicted molar refractivity (Wildman–Crippen MR) is 222 cm³/mol. The summed E-state index contributed by atoms with van der Waals surface area (Å²) in [6, 6.07) is 62.0. The monoisotopic (exact) mass is 679 g/mol. The normalized spacial score (nSPS) is 23.5. The van der Waals surface area contributed by atoms with Gasteiger partial charge in [0.15, 0.2) is 0 Å². The Morgan fingerprint density at radius 1 is 0.396 bits per heavy atom. The second-order valence-electron chi connectivity index (χ2n) is 16.6. The Bertz CT molecular complexity index is 2720. The van der Waals surface area contributed by atoms with Gasteiger partial charge in [0.25, 0.3) is 0 Å². The van der Waals surface area contributed by atoms with Crippen molar-refractivity contribution in [1.29, 1.82) is 0 Å². The lowest BCUT2D eigenvalue weighted by Crippen LogP contribution is -2.55. The molecule has 0 saturated heterocycles. The molecule has 254 valence electrons. The van der Waals surface area contributed by atoms with Crippen molar-refractivity contribution in [1.82, 2.24) is 0 Å². The van der Waals surface area contributed by atoms with Crippen molar-refractivity contribution in [2.45, 2.75) is 37.5 Å². The fourth-order valence-corrected chi connectivity index (χ4v) is 12.1. The van der Waals surface area contributed by atoms with Gasteiger partial charge in [-0.25, -0.2) is 0 Å². The van der Waals surface area contributed by atoms with Gasteiger partial charge in [-0.15, -0.1) is 0 Å². The molecule has 0 unspecified atom stereocenters. The highest BCUT2D eigenvalue weighted by Gasteiger charge is 2.61. The molecule has 53 heavy (non-hydrogen) atoms. The van der Waals surface area contributed by atoms with Crippen LogP contribution in [0.3, 0.4) is 0 Å². The molecule has 4 saturated carbocycles. The molecule has 0 radical (unpaired) electrons. The third-order valence-electron chi connectivity index (χ3n) is 14.0. The minimum atomic E-state index is 0.177. The van der Waals surface area contributed by atoms with Crippen molar-refractivity contribution < 1.29 is 0 Å². The minimum Gasteiger partial charge on any atom is -0.310 e. The van der Waals surface area contributed by atoms with Crippen LogP contribution in [0.5, 0.6) is 0 Å². The lowest BCUT2D eigenvalue weighted by atomic mass is 9.43. The second-order valence-corrected chi connectivity index (χ2v) is 16.6. The van der Waals surface area contributed by atoms with Gasteiger partial charge in [0.05, 0.1) is 5.69 Å². The third-order valence-corrected chi connectivity index (χ3v) is 14.0. The molecule has 0 aliphatic heterocycles. The Kier molecular flexibility index (Phi) is 6.30. The second kappa shape index (κ2) is 11.2. The van der Waals surface area contributed by atoms with Gasteiger partial charge in [-0.3, -0.25) is 0 Å². The molecule has 4 bridgehead atoms. The Morgan fingerprint density at radius 3 is 1.81 bits per heavy atom. The van der Waals surface area contributed by atoms with Crippen LogP contribution in [0.4, 0.5) is 17.1 Å². The zero-order valence-corrected chi connectivity index (χ0v) is 29.9. The van der Waals surface area contributed by atoms with E-state index in [9.17, 15) is 0 Å². The third kappa shape index (κ3) is 4.25. The van der Waals surface area contributed by atoms with Crippen molar-refractivity contribution in [2.75, 3.05) is 4.90 Å². The van der Waals surface area contributed by atoms with Gasteiger partial charge >= 0.3 is 0 Å². The maximum atomic E-state index is 2.55. The fourth-order valence-electron chi connectivity index (χ4n) is 12.1. The van der Waals surface area contributed by atoms with Gasteiger partial charge in [-0.05, 0) is 152 Å². The molecule has 0 amide bonds. The zero-order valence-electron chi connectivity index (χ0n) is 29.9. The molecular formula is C52H41N. The van der Waals surface area contributed by atoms with E-state index in [0.717, 1.165) is 23.7 Å². The summed E-state index contributed by atoms with van der Waals surface area (Å²) in [5.74, 6) is 3.42. The minimum absolute atomic E-state index is 0.177. The van der Waals surface area contributed by atoms with E-state index in [1.165, 1.54) is 104 Å². The summed E-state index contributed by atoms with van der Waals surface area (Å²) in [4.78, 5) is 2.50. The summed E-state index contributed by atoms with van der Waals surface area (Å²) in [5.41, 5.74) is 12.4. The first-order valence-electron chi connectivity index (χ1n) is 19.8. The van der Waals surface area contributed by atoms with Crippen LogP contribution >= 0.6 is 0 Å². The van der Waals surface area contributed by atoms with Gasteiger partial charge < -0.3 is 4.90 Å². The molecule has 1 spiro atoms. The van der Waals surface area contributed by atoms with Crippen molar-refractivity contribution in [3.05, 3.63) is 175 Å². The van der Waals surface area contributed by atoms with Crippen molar-refractivity contribution >= 4 is 49.4 Å². The van der Waals surface area contributed by atoms with E-state index in [1.807, 2.05) is 0 Å². The summed E-state index contributed by atoms with van der Waals surface area (Å²) in [6.07, 6.45) is 7.11. The van der Waals surface area contributed by atoms with E-state index in [4.69, 9.17) is 0 Å². The van der Waals surface area contributed by atoms with Crippen LogP contribution in [0.25, 0.3) is 54.6 Å². The van der Waals surface area contributed by atoms with Gasteiger partial charge in [-0.1, -0.05) is 127 Å². The van der Waals surface area contributed by atoms with E-state index >= 15 is 0 Å². The van der Waals surface area contributed by atoms with E-state index in [0.29, 0.717) is 0 Å². The van der Waals surface area contributed by atoms with Crippen LogP contribution in [0.15, 0.2) is 164 Å². The number of nitrogens with zero attached hydrogens (tertiary/aromatic N) is 1. The maximum absolute atomic E-state index is 2.55.